The Labute approximate surface area is 119 Å². The molecule has 1 heterocycles. The average Bonchev–Trinajstić information content (AvgIpc) is 2.46. The van der Waals surface area contributed by atoms with Crippen LogP contribution in [0.3, 0.4) is 0 Å². The first-order chi connectivity index (χ1) is 9.93. The van der Waals surface area contributed by atoms with E-state index < -0.39 is 7.25 Å². The third kappa shape index (κ3) is 4.91. The Morgan fingerprint density at radius 2 is 1.19 bits per heavy atom. The molecule has 0 aliphatic carbocycles. The fraction of sp³-hybridized carbons (Fsp3) is 0. The second-order valence-electron chi connectivity index (χ2n) is 4.31. The summed E-state index contributed by atoms with van der Waals surface area (Å²) in [5, 5.41) is 2.53. The zero-order valence-electron chi connectivity index (χ0n) is 11.0. The van der Waals surface area contributed by atoms with E-state index in [0.717, 1.165) is 0 Å². The average molecular weight is 293 g/mol. The Morgan fingerprint density at radius 3 is 1.81 bits per heavy atom. The van der Waals surface area contributed by atoms with Crippen molar-refractivity contribution in [3.05, 3.63) is 73.1 Å². The van der Waals surface area contributed by atoms with Crippen LogP contribution in [0.2, 0.25) is 0 Å². The Kier molecular flexibility index (Phi) is 4.57. The molecule has 1 aromatic heterocycles. The van der Waals surface area contributed by atoms with Crippen molar-refractivity contribution in [2.75, 3.05) is 0 Å². The van der Waals surface area contributed by atoms with E-state index in [-0.39, 0.29) is 0 Å². The van der Waals surface area contributed by atoms with Crippen molar-refractivity contribution in [3.8, 4) is 5.69 Å². The maximum absolute atomic E-state index is 9.75. The summed E-state index contributed by atoms with van der Waals surface area (Å²) < 4.78 is 41.1. The quantitative estimate of drug-likeness (QED) is 0.355. The second kappa shape index (κ2) is 6.39. The molecule has 2 aromatic carbocycles. The molecule has 0 N–H and O–H groups in total. The number of para-hydroxylation sites is 1. The van der Waals surface area contributed by atoms with Crippen molar-refractivity contribution in [1.82, 2.24) is 0 Å². The summed E-state index contributed by atoms with van der Waals surface area (Å²) in [6, 6.07) is 20.9. The van der Waals surface area contributed by atoms with E-state index in [2.05, 4.69) is 71.6 Å². The lowest BCUT2D eigenvalue weighted by Crippen LogP contribution is -2.28. The van der Waals surface area contributed by atoms with E-state index in [0.29, 0.717) is 0 Å². The van der Waals surface area contributed by atoms with Gasteiger partial charge in [-0.2, -0.15) is 4.57 Å². The molecule has 0 bridgehead atoms. The molecule has 0 spiro atoms. The summed E-state index contributed by atoms with van der Waals surface area (Å²) >= 11 is 0. The van der Waals surface area contributed by atoms with E-state index in [1.807, 2.05) is 6.07 Å². The first-order valence-electron chi connectivity index (χ1n) is 6.26. The van der Waals surface area contributed by atoms with Gasteiger partial charge in [0.05, 0.1) is 0 Å². The van der Waals surface area contributed by atoms with Crippen molar-refractivity contribution >= 4 is 18.0 Å². The van der Waals surface area contributed by atoms with Crippen LogP contribution in [0.15, 0.2) is 73.1 Å². The van der Waals surface area contributed by atoms with Gasteiger partial charge in [0, 0.05) is 23.6 Å². The molecule has 3 aromatic rings. The standard InChI is InChI=1S/C15H12N.BF4/c1-2-8-15(9-3-1)16-11-10-13-6-4-5-7-14(13)12-16;2-1(3,4)5/h1-12H;/q+1;-1. The Bertz CT molecular complexity index is 707. The number of benzene rings is 2. The summed E-state index contributed by atoms with van der Waals surface area (Å²) in [6.45, 7) is 0. The lowest BCUT2D eigenvalue weighted by molar-refractivity contribution is -0.594. The number of rotatable bonds is 1. The van der Waals surface area contributed by atoms with Gasteiger partial charge in [-0.3, -0.25) is 0 Å². The van der Waals surface area contributed by atoms with Crippen molar-refractivity contribution in [3.63, 3.8) is 0 Å². The van der Waals surface area contributed by atoms with Crippen molar-refractivity contribution in [1.29, 1.82) is 0 Å². The van der Waals surface area contributed by atoms with E-state index >= 15 is 0 Å². The molecular formula is C15H12BF4N. The van der Waals surface area contributed by atoms with Crippen LogP contribution < -0.4 is 4.57 Å². The molecule has 0 atom stereocenters. The molecule has 0 unspecified atom stereocenters. The van der Waals surface area contributed by atoms with Crippen LogP contribution >= 0.6 is 0 Å². The highest BCUT2D eigenvalue weighted by atomic mass is 19.5. The Morgan fingerprint density at radius 1 is 0.667 bits per heavy atom. The summed E-state index contributed by atoms with van der Waals surface area (Å²) in [6.07, 6.45) is 4.25. The summed E-state index contributed by atoms with van der Waals surface area (Å²) in [5.74, 6) is 0. The van der Waals surface area contributed by atoms with Gasteiger partial charge in [0.15, 0.2) is 12.4 Å². The summed E-state index contributed by atoms with van der Waals surface area (Å²) in [4.78, 5) is 0. The second-order valence-corrected chi connectivity index (χ2v) is 4.31. The summed E-state index contributed by atoms with van der Waals surface area (Å²) in [5.41, 5.74) is 1.19. The molecule has 21 heavy (non-hydrogen) atoms. The van der Waals surface area contributed by atoms with Crippen LogP contribution in [-0.2, 0) is 0 Å². The number of fused-ring (bicyclic) bond motifs is 1. The fourth-order valence-corrected chi connectivity index (χ4v) is 1.89. The number of nitrogens with zero attached hydrogens (tertiary/aromatic N) is 1. The van der Waals surface area contributed by atoms with Gasteiger partial charge in [-0.15, -0.1) is 0 Å². The number of hydrogen-bond donors (Lipinski definition) is 0. The van der Waals surface area contributed by atoms with Crippen LogP contribution in [0, 0.1) is 0 Å². The predicted molar refractivity (Wildman–Crippen MR) is 75.7 cm³/mol. The van der Waals surface area contributed by atoms with Crippen molar-refractivity contribution < 1.29 is 21.8 Å². The monoisotopic (exact) mass is 293 g/mol. The van der Waals surface area contributed by atoms with Crippen LogP contribution in [-0.4, -0.2) is 7.25 Å². The van der Waals surface area contributed by atoms with Crippen LogP contribution in [0.5, 0.6) is 0 Å². The first-order valence-corrected chi connectivity index (χ1v) is 6.26. The highest BCUT2D eigenvalue weighted by Crippen LogP contribution is 2.11. The minimum atomic E-state index is -6.00. The zero-order chi connectivity index (χ0) is 15.3. The maximum Gasteiger partial charge on any atom is 0.673 e. The smallest absolute Gasteiger partial charge is 0.418 e. The Balaban J connectivity index is 0.000000282. The SMILES string of the molecule is F[B-](F)(F)F.c1ccc(-[n+]2ccc3ccccc3c2)cc1. The minimum Gasteiger partial charge on any atom is -0.418 e. The maximum atomic E-state index is 9.75. The molecule has 0 amide bonds. The minimum absolute atomic E-state index is 1.19. The number of halogens is 4. The highest BCUT2D eigenvalue weighted by molar-refractivity contribution is 6.50. The molecule has 0 aliphatic heterocycles. The lowest BCUT2D eigenvalue weighted by Gasteiger charge is -1.97. The highest BCUT2D eigenvalue weighted by Gasteiger charge is 2.20. The number of hydrogen-bond acceptors (Lipinski definition) is 0. The van der Waals surface area contributed by atoms with E-state index in [1.165, 1.54) is 16.5 Å². The molecular weight excluding hydrogens is 281 g/mol. The predicted octanol–water partition coefficient (Wildman–Crippen LogP) is 4.42. The van der Waals surface area contributed by atoms with Gasteiger partial charge in [-0.1, -0.05) is 36.4 Å². The van der Waals surface area contributed by atoms with Crippen LogP contribution in [0.1, 0.15) is 0 Å². The topological polar surface area (TPSA) is 3.88 Å². The number of pyridine rings is 1. The van der Waals surface area contributed by atoms with Gasteiger partial charge in [0.1, 0.15) is 0 Å². The first kappa shape index (κ1) is 15.0. The van der Waals surface area contributed by atoms with E-state index in [1.54, 1.807) is 0 Å². The largest absolute Gasteiger partial charge is 0.673 e. The van der Waals surface area contributed by atoms with E-state index in [4.69, 9.17) is 0 Å². The normalized spacial score (nSPS) is 10.9. The molecule has 0 saturated heterocycles. The van der Waals surface area contributed by atoms with E-state index in [9.17, 15) is 17.3 Å². The molecule has 6 heteroatoms. The molecule has 1 nitrogen and oxygen atoms in total. The van der Waals surface area contributed by atoms with Gasteiger partial charge in [-0.25, -0.2) is 0 Å². The van der Waals surface area contributed by atoms with Gasteiger partial charge in [0.2, 0.25) is 5.69 Å². The summed E-state index contributed by atoms with van der Waals surface area (Å²) in [7, 11) is -6.00. The Hall–Kier alpha value is -2.37. The van der Waals surface area contributed by atoms with Crippen LogP contribution in [0.25, 0.3) is 16.5 Å². The van der Waals surface area contributed by atoms with Crippen molar-refractivity contribution in [2.45, 2.75) is 0 Å². The van der Waals surface area contributed by atoms with Crippen molar-refractivity contribution in [2.24, 2.45) is 0 Å². The fourth-order valence-electron chi connectivity index (χ4n) is 1.89. The van der Waals surface area contributed by atoms with Gasteiger partial charge in [0.25, 0.3) is 0 Å². The third-order valence-electron chi connectivity index (χ3n) is 2.74. The van der Waals surface area contributed by atoms with Gasteiger partial charge < -0.3 is 17.3 Å². The lowest BCUT2D eigenvalue weighted by atomic mass is 10.2. The molecule has 0 aliphatic rings. The molecule has 0 saturated carbocycles. The van der Waals surface area contributed by atoms with Crippen LogP contribution in [0.4, 0.5) is 17.3 Å². The molecule has 0 radical (unpaired) electrons. The molecule has 3 rings (SSSR count). The van der Waals surface area contributed by atoms with Gasteiger partial charge >= 0.3 is 7.25 Å². The molecule has 0 fully saturated rings. The third-order valence-corrected chi connectivity index (χ3v) is 2.74. The molecule has 108 valence electrons. The number of aromatic nitrogens is 1. The zero-order valence-corrected chi connectivity index (χ0v) is 11.0. The van der Waals surface area contributed by atoms with Gasteiger partial charge in [-0.05, 0) is 11.5 Å².